The normalized spacial score (nSPS) is 21.1. The van der Waals surface area contributed by atoms with E-state index in [1.807, 2.05) is 4.90 Å². The van der Waals surface area contributed by atoms with E-state index < -0.39 is 16.1 Å². The minimum atomic E-state index is -3.67. The third-order valence-corrected chi connectivity index (χ3v) is 7.19. The van der Waals surface area contributed by atoms with Crippen LogP contribution in [0.1, 0.15) is 12.8 Å². The predicted octanol–water partition coefficient (Wildman–Crippen LogP) is 0.978. The SMILES string of the molecule is O=C([C@@H]1CCCN1S(=O)(=O)c1ccccc1)N1CCN(c2ncccn2)CC1. The van der Waals surface area contributed by atoms with Crippen molar-refractivity contribution < 1.29 is 13.2 Å². The molecule has 0 spiro atoms. The zero-order valence-corrected chi connectivity index (χ0v) is 16.3. The summed E-state index contributed by atoms with van der Waals surface area (Å²) in [6, 6.07) is 9.48. The van der Waals surface area contributed by atoms with Crippen LogP contribution >= 0.6 is 0 Å². The molecule has 1 atom stereocenters. The van der Waals surface area contributed by atoms with Crippen LogP contribution < -0.4 is 4.90 Å². The first-order chi connectivity index (χ1) is 13.6. The van der Waals surface area contributed by atoms with Gasteiger partial charge in [-0.05, 0) is 31.0 Å². The first-order valence-corrected chi connectivity index (χ1v) is 10.9. The number of nitrogens with zero attached hydrogens (tertiary/aromatic N) is 5. The van der Waals surface area contributed by atoms with Crippen molar-refractivity contribution in [1.29, 1.82) is 0 Å². The minimum absolute atomic E-state index is 0.106. The van der Waals surface area contributed by atoms with Gasteiger partial charge in [0.25, 0.3) is 0 Å². The Kier molecular flexibility index (Phi) is 5.27. The number of hydrogen-bond donors (Lipinski definition) is 0. The van der Waals surface area contributed by atoms with E-state index in [4.69, 9.17) is 0 Å². The summed E-state index contributed by atoms with van der Waals surface area (Å²) in [5.41, 5.74) is 0. The van der Waals surface area contributed by atoms with Gasteiger partial charge in [-0.1, -0.05) is 18.2 Å². The van der Waals surface area contributed by atoms with Crippen molar-refractivity contribution in [2.45, 2.75) is 23.8 Å². The van der Waals surface area contributed by atoms with E-state index in [0.29, 0.717) is 51.5 Å². The molecule has 0 radical (unpaired) electrons. The molecule has 2 aromatic rings. The number of amides is 1. The number of rotatable bonds is 4. The Morgan fingerprint density at radius 1 is 0.929 bits per heavy atom. The van der Waals surface area contributed by atoms with Crippen LogP contribution in [0.15, 0.2) is 53.7 Å². The molecule has 0 N–H and O–H groups in total. The fourth-order valence-electron chi connectivity index (χ4n) is 3.79. The molecule has 1 amide bonds. The number of sulfonamides is 1. The third kappa shape index (κ3) is 3.59. The van der Waals surface area contributed by atoms with Gasteiger partial charge in [0, 0.05) is 45.1 Å². The Morgan fingerprint density at radius 3 is 2.29 bits per heavy atom. The van der Waals surface area contributed by atoms with Crippen molar-refractivity contribution in [2.24, 2.45) is 0 Å². The lowest BCUT2D eigenvalue weighted by Crippen LogP contribution is -2.54. The molecule has 2 fully saturated rings. The molecule has 148 valence electrons. The molecule has 0 unspecified atom stereocenters. The van der Waals surface area contributed by atoms with Crippen LogP contribution in [0.25, 0.3) is 0 Å². The smallest absolute Gasteiger partial charge is 0.243 e. The number of hydrogen-bond acceptors (Lipinski definition) is 6. The molecule has 1 aromatic carbocycles. The van der Waals surface area contributed by atoms with Crippen LogP contribution in [0.4, 0.5) is 5.95 Å². The molecule has 2 aliphatic heterocycles. The topological polar surface area (TPSA) is 86.7 Å². The Morgan fingerprint density at radius 2 is 1.61 bits per heavy atom. The summed E-state index contributed by atoms with van der Waals surface area (Å²) in [5, 5.41) is 0. The van der Waals surface area contributed by atoms with E-state index in [-0.39, 0.29) is 10.8 Å². The summed E-state index contributed by atoms with van der Waals surface area (Å²) in [6.07, 6.45) is 4.66. The molecule has 3 heterocycles. The molecular formula is C19H23N5O3S. The van der Waals surface area contributed by atoms with E-state index in [9.17, 15) is 13.2 Å². The summed E-state index contributed by atoms with van der Waals surface area (Å²) in [5.74, 6) is 0.550. The van der Waals surface area contributed by atoms with Gasteiger partial charge in [0.1, 0.15) is 6.04 Å². The van der Waals surface area contributed by atoms with Crippen molar-refractivity contribution in [3.05, 3.63) is 48.8 Å². The van der Waals surface area contributed by atoms with Crippen LogP contribution in [0, 0.1) is 0 Å². The van der Waals surface area contributed by atoms with Gasteiger partial charge in [0.05, 0.1) is 4.90 Å². The third-order valence-electron chi connectivity index (χ3n) is 5.26. The average Bonchev–Trinajstić information content (AvgIpc) is 3.25. The predicted molar refractivity (Wildman–Crippen MR) is 104 cm³/mol. The molecule has 1 aromatic heterocycles. The van der Waals surface area contributed by atoms with Gasteiger partial charge in [-0.3, -0.25) is 4.79 Å². The van der Waals surface area contributed by atoms with Crippen LogP contribution in [0.5, 0.6) is 0 Å². The highest BCUT2D eigenvalue weighted by Gasteiger charge is 2.41. The number of carbonyl (C=O) groups excluding carboxylic acids is 1. The summed E-state index contributed by atoms with van der Waals surface area (Å²) >= 11 is 0. The highest BCUT2D eigenvalue weighted by Crippen LogP contribution is 2.27. The number of carbonyl (C=O) groups is 1. The quantitative estimate of drug-likeness (QED) is 0.759. The minimum Gasteiger partial charge on any atom is -0.338 e. The van der Waals surface area contributed by atoms with Crippen LogP contribution in [0.2, 0.25) is 0 Å². The molecule has 0 aliphatic carbocycles. The highest BCUT2D eigenvalue weighted by atomic mass is 32.2. The van der Waals surface area contributed by atoms with Gasteiger partial charge < -0.3 is 9.80 Å². The molecule has 28 heavy (non-hydrogen) atoms. The lowest BCUT2D eigenvalue weighted by Gasteiger charge is -2.37. The molecule has 2 aliphatic rings. The van der Waals surface area contributed by atoms with E-state index in [0.717, 1.165) is 0 Å². The highest BCUT2D eigenvalue weighted by molar-refractivity contribution is 7.89. The van der Waals surface area contributed by atoms with Crippen molar-refractivity contribution in [2.75, 3.05) is 37.6 Å². The average molecular weight is 401 g/mol. The first kappa shape index (κ1) is 18.8. The van der Waals surface area contributed by atoms with Crippen LogP contribution in [0.3, 0.4) is 0 Å². The van der Waals surface area contributed by atoms with E-state index >= 15 is 0 Å². The molecule has 8 nitrogen and oxygen atoms in total. The molecule has 0 saturated carbocycles. The second kappa shape index (κ2) is 7.84. The Labute approximate surface area is 164 Å². The summed E-state index contributed by atoms with van der Waals surface area (Å²) in [6.45, 7) is 2.72. The van der Waals surface area contributed by atoms with E-state index in [2.05, 4.69) is 9.97 Å². The first-order valence-electron chi connectivity index (χ1n) is 9.45. The standard InChI is InChI=1S/C19H23N5O3S/c25-18(22-12-14-23(15-13-22)19-20-9-5-10-21-19)17-8-4-11-24(17)28(26,27)16-6-2-1-3-7-16/h1-3,5-7,9-10,17H,4,8,11-15H2/t17-/m0/s1. The molecule has 4 rings (SSSR count). The number of aromatic nitrogens is 2. The van der Waals surface area contributed by atoms with Crippen LogP contribution in [-0.4, -0.2) is 72.3 Å². The fourth-order valence-corrected chi connectivity index (χ4v) is 5.47. The zero-order chi connectivity index (χ0) is 19.6. The zero-order valence-electron chi connectivity index (χ0n) is 15.5. The van der Waals surface area contributed by atoms with Crippen LogP contribution in [-0.2, 0) is 14.8 Å². The van der Waals surface area contributed by atoms with Gasteiger partial charge in [0.2, 0.25) is 21.9 Å². The largest absolute Gasteiger partial charge is 0.338 e. The Bertz CT molecular complexity index is 915. The Hall–Kier alpha value is -2.52. The summed E-state index contributed by atoms with van der Waals surface area (Å²) in [7, 11) is -3.67. The molecule has 2 saturated heterocycles. The van der Waals surface area contributed by atoms with Crippen molar-refractivity contribution in [1.82, 2.24) is 19.2 Å². The van der Waals surface area contributed by atoms with Gasteiger partial charge in [-0.15, -0.1) is 0 Å². The number of benzene rings is 1. The maximum Gasteiger partial charge on any atom is 0.243 e. The van der Waals surface area contributed by atoms with Crippen molar-refractivity contribution in [3.63, 3.8) is 0 Å². The van der Waals surface area contributed by atoms with E-state index in [1.54, 1.807) is 53.7 Å². The van der Waals surface area contributed by atoms with Gasteiger partial charge in [-0.25, -0.2) is 18.4 Å². The van der Waals surface area contributed by atoms with E-state index in [1.165, 1.54) is 4.31 Å². The molecule has 9 heteroatoms. The van der Waals surface area contributed by atoms with Gasteiger partial charge in [0.15, 0.2) is 0 Å². The number of anilines is 1. The molecular weight excluding hydrogens is 378 g/mol. The molecule has 0 bridgehead atoms. The van der Waals surface area contributed by atoms with Crippen molar-refractivity contribution >= 4 is 21.9 Å². The Balaban J connectivity index is 1.45. The monoisotopic (exact) mass is 401 g/mol. The fraction of sp³-hybridized carbons (Fsp3) is 0.421. The second-order valence-corrected chi connectivity index (χ2v) is 8.84. The second-order valence-electron chi connectivity index (χ2n) is 6.95. The van der Waals surface area contributed by atoms with Crippen molar-refractivity contribution in [3.8, 4) is 0 Å². The number of piperazine rings is 1. The van der Waals surface area contributed by atoms with Gasteiger partial charge >= 0.3 is 0 Å². The lowest BCUT2D eigenvalue weighted by atomic mass is 10.2. The maximum atomic E-state index is 13.1. The maximum absolute atomic E-state index is 13.1. The van der Waals surface area contributed by atoms with Gasteiger partial charge in [-0.2, -0.15) is 4.31 Å². The summed E-state index contributed by atoms with van der Waals surface area (Å²) < 4.78 is 27.4. The summed E-state index contributed by atoms with van der Waals surface area (Å²) in [4.78, 5) is 25.6. The lowest BCUT2D eigenvalue weighted by molar-refractivity contribution is -0.134.